The number of aliphatic hydroxyl groups is 1. The van der Waals surface area contributed by atoms with Crippen molar-refractivity contribution in [1.82, 2.24) is 56.2 Å². The number of nitrogens with zero attached hydrogens (tertiary/aromatic N) is 7. The summed E-state index contributed by atoms with van der Waals surface area (Å²) < 4.78 is 10.9. The van der Waals surface area contributed by atoms with E-state index in [9.17, 15) is 43.8 Å². The number of fused-ring (bicyclic) bond motifs is 14. The number of aliphatic hydroxyl groups excluding tert-OH is 1. The second-order valence-corrected chi connectivity index (χ2v) is 24.0. The van der Waals surface area contributed by atoms with Crippen molar-refractivity contribution in [3.8, 4) is 43.4 Å². The summed E-state index contributed by atoms with van der Waals surface area (Å²) in [5.74, 6) is -4.26. The summed E-state index contributed by atoms with van der Waals surface area (Å²) in [5.41, 5.74) is 2.41. The van der Waals surface area contributed by atoms with Crippen molar-refractivity contribution >= 4 is 121 Å². The standard InChI is InChI=1S/C51H47N13O11S6/c1-22-36-43(70)64-50-63-38(32(81-50)17-74-3)42(69)53-16-35(66)61-39(40(67)23-7-5-4-6-8-23)48-58-31(20-78-48)46-56-29(18-77-46)37-26(44-57-30(19-76-44)41(68)55-28(15-34(65)52-2)47(62-36)80-22)13-14-27(54-37)45-59-33(21-79-45)60-51(73)75-25-11-9-24(10-12-25)49(71)72/h4-8,13-14,18-21,24-25,28,39-40,67H,9-12,15-17H2,1-3H3,(H,52,65)(H,53,69)(H,55,68)(H,60,73)(H,61,66)(H,71,72)(H,63,64,70)/t24-,25-,28-,39-,40-/m0/s1. The number of aliphatic carboxylic acids is 1. The maximum atomic E-state index is 14.2. The van der Waals surface area contributed by atoms with Gasteiger partial charge in [-0.3, -0.25) is 39.4 Å². The minimum absolute atomic E-state index is 0.00701. The number of rotatable bonds is 10. The number of hydrogen-bond acceptors (Lipinski definition) is 23. The molecule has 2 aliphatic rings. The minimum Gasteiger partial charge on any atom is -0.481 e. The number of aryl methyl sites for hydroxylation is 1. The third kappa shape index (κ3) is 13.0. The lowest BCUT2D eigenvalue weighted by molar-refractivity contribution is -0.143. The molecule has 10 bridgehead atoms. The van der Waals surface area contributed by atoms with E-state index >= 15 is 0 Å². The summed E-state index contributed by atoms with van der Waals surface area (Å²) in [7, 11) is 2.88. The summed E-state index contributed by atoms with van der Waals surface area (Å²) in [6, 6.07) is 10.1. The summed E-state index contributed by atoms with van der Waals surface area (Å²) in [6.07, 6.45) is -1.01. The van der Waals surface area contributed by atoms with Crippen LogP contribution in [0.5, 0.6) is 0 Å². The van der Waals surface area contributed by atoms with Crippen molar-refractivity contribution < 1.29 is 53.2 Å². The number of thiazole rings is 6. The summed E-state index contributed by atoms with van der Waals surface area (Å²) in [4.78, 5) is 127. The second-order valence-electron chi connectivity index (χ2n) is 18.2. The molecule has 8 N–H and O–H groups in total. The van der Waals surface area contributed by atoms with Gasteiger partial charge in [0, 0.05) is 46.1 Å². The van der Waals surface area contributed by atoms with Crippen molar-refractivity contribution in [3.05, 3.63) is 106 Å². The fourth-order valence-corrected chi connectivity index (χ4v) is 13.9. The fourth-order valence-electron chi connectivity index (χ4n) is 8.69. The van der Waals surface area contributed by atoms with Gasteiger partial charge in [0.1, 0.15) is 83.3 Å². The van der Waals surface area contributed by atoms with Gasteiger partial charge in [-0.2, -0.15) is 0 Å². The van der Waals surface area contributed by atoms with E-state index in [1.165, 1.54) is 48.2 Å². The predicted octanol–water partition coefficient (Wildman–Crippen LogP) is 7.63. The Bertz CT molecular complexity index is 3680. The van der Waals surface area contributed by atoms with Crippen LogP contribution >= 0.6 is 68.0 Å². The number of carbonyl (C=O) groups excluding carboxylic acids is 6. The van der Waals surface area contributed by atoms with Crippen LogP contribution in [0.15, 0.2) is 64.0 Å². The zero-order valence-electron chi connectivity index (χ0n) is 42.8. The van der Waals surface area contributed by atoms with Crippen molar-refractivity contribution in [1.29, 1.82) is 0 Å². The number of carboxylic acid groups (broad SMARTS) is 1. The Morgan fingerprint density at radius 2 is 1.46 bits per heavy atom. The fraction of sp³-hybridized carbons (Fsp3) is 0.294. The summed E-state index contributed by atoms with van der Waals surface area (Å²) in [5, 5.41) is 46.0. The van der Waals surface area contributed by atoms with Crippen molar-refractivity contribution in [2.45, 2.75) is 69.9 Å². The first kappa shape index (κ1) is 56.4. The highest BCUT2D eigenvalue weighted by molar-refractivity contribution is 7.16. The molecule has 1 saturated carbocycles. The minimum atomic E-state index is -1.29. The van der Waals surface area contributed by atoms with E-state index < -0.39 is 78.4 Å². The van der Waals surface area contributed by atoms with Gasteiger partial charge in [0.15, 0.2) is 5.13 Å². The van der Waals surface area contributed by atoms with Crippen LogP contribution in [0.25, 0.3) is 43.4 Å². The van der Waals surface area contributed by atoms with Crippen LogP contribution in [-0.4, -0.2) is 114 Å². The molecule has 1 fully saturated rings. The molecule has 10 rings (SSSR count). The number of amides is 6. The number of nitrogens with one attached hydrogen (secondary N) is 6. The van der Waals surface area contributed by atoms with E-state index in [1.54, 1.807) is 70.9 Å². The lowest BCUT2D eigenvalue weighted by atomic mass is 9.87. The van der Waals surface area contributed by atoms with E-state index in [0.29, 0.717) is 89.4 Å². The highest BCUT2D eigenvalue weighted by Crippen LogP contribution is 2.40. The highest BCUT2D eigenvalue weighted by atomic mass is 32.1. The van der Waals surface area contributed by atoms with Gasteiger partial charge in [0.25, 0.3) is 17.7 Å². The average Bonchev–Trinajstić information content (AvgIpc) is 4.40. The molecule has 30 heteroatoms. The number of ether oxygens (including phenoxy) is 2. The molecule has 1 aromatic carbocycles. The Labute approximate surface area is 483 Å². The van der Waals surface area contributed by atoms with Gasteiger partial charge in [-0.15, -0.1) is 56.7 Å². The van der Waals surface area contributed by atoms with Crippen LogP contribution in [0.4, 0.5) is 15.7 Å². The number of carbonyl (C=O) groups is 7. The molecule has 0 spiro atoms. The summed E-state index contributed by atoms with van der Waals surface area (Å²) >= 11 is 6.86. The molecule has 7 aromatic heterocycles. The first-order valence-corrected chi connectivity index (χ1v) is 29.9. The van der Waals surface area contributed by atoms with E-state index in [2.05, 4.69) is 46.9 Å². The van der Waals surface area contributed by atoms with E-state index in [0.717, 1.165) is 34.0 Å². The van der Waals surface area contributed by atoms with E-state index in [4.69, 9.17) is 29.4 Å². The van der Waals surface area contributed by atoms with Crippen LogP contribution in [-0.2, 0) is 30.5 Å². The highest BCUT2D eigenvalue weighted by Gasteiger charge is 2.32. The Morgan fingerprint density at radius 3 is 2.22 bits per heavy atom. The third-order valence-electron chi connectivity index (χ3n) is 12.8. The second kappa shape index (κ2) is 24.9. The van der Waals surface area contributed by atoms with Gasteiger partial charge in [0.2, 0.25) is 11.8 Å². The molecule has 3 atom stereocenters. The maximum Gasteiger partial charge on any atom is 0.413 e. The smallest absolute Gasteiger partial charge is 0.413 e. The van der Waals surface area contributed by atoms with Crippen LogP contribution in [0.1, 0.15) is 107 Å². The molecule has 6 amide bonds. The van der Waals surface area contributed by atoms with Gasteiger partial charge < -0.3 is 41.0 Å². The number of pyridine rings is 1. The number of methoxy groups -OCH3 is 1. The Kier molecular flexibility index (Phi) is 17.3. The molecule has 8 heterocycles. The monoisotopic (exact) mass is 1210 g/mol. The van der Waals surface area contributed by atoms with Crippen molar-refractivity contribution in [2.24, 2.45) is 5.92 Å². The molecule has 418 valence electrons. The lowest BCUT2D eigenvalue weighted by Gasteiger charge is -2.25. The van der Waals surface area contributed by atoms with E-state index in [-0.39, 0.29) is 46.1 Å². The van der Waals surface area contributed by atoms with Gasteiger partial charge >= 0.3 is 12.1 Å². The molecular formula is C51H47N13O11S6. The molecule has 8 aromatic rings. The van der Waals surface area contributed by atoms with Gasteiger partial charge in [-0.05, 0) is 50.3 Å². The quantitative estimate of drug-likeness (QED) is 0.0652. The van der Waals surface area contributed by atoms with Gasteiger partial charge in [0.05, 0.1) is 42.1 Å². The maximum absolute atomic E-state index is 14.2. The van der Waals surface area contributed by atoms with Crippen molar-refractivity contribution in [2.75, 3.05) is 31.3 Å². The van der Waals surface area contributed by atoms with Crippen LogP contribution in [0, 0.1) is 12.8 Å². The number of hydrogen-bond donors (Lipinski definition) is 8. The van der Waals surface area contributed by atoms with E-state index in [1.807, 2.05) is 0 Å². The van der Waals surface area contributed by atoms with Gasteiger partial charge in [-0.1, -0.05) is 41.7 Å². The lowest BCUT2D eigenvalue weighted by Crippen LogP contribution is -2.40. The SMILES string of the molecule is CNC(=O)C[C@@H]1NC(=O)c2csc(n2)-c2ccc(-c3nc(NC(=O)O[C@H]4CC[C@H](C(=O)O)CC4)cs3)nc2-c2csc(n2)-c2csc(n2)[C@H]([C@@H](O)c2ccccc2)NC(=O)CNC(=O)c2nc(sc2COC)NC(=O)c2nc1sc2C. The summed E-state index contributed by atoms with van der Waals surface area (Å²) in [6.45, 7) is 1.06. The van der Waals surface area contributed by atoms with Crippen molar-refractivity contribution in [3.63, 3.8) is 0 Å². The Hall–Kier alpha value is -7.84. The number of aromatic nitrogens is 7. The van der Waals surface area contributed by atoms with Crippen LogP contribution < -0.4 is 31.9 Å². The zero-order valence-corrected chi connectivity index (χ0v) is 47.7. The third-order valence-corrected chi connectivity index (χ3v) is 18.3. The molecular weight excluding hydrogens is 1160 g/mol. The molecule has 1 aliphatic heterocycles. The normalized spacial score (nSPS) is 18.2. The molecule has 81 heavy (non-hydrogen) atoms. The topological polar surface area (TPSA) is 341 Å². The number of carboxylic acids is 1. The van der Waals surface area contributed by atoms with Crippen LogP contribution in [0.2, 0.25) is 0 Å². The van der Waals surface area contributed by atoms with Gasteiger partial charge in [-0.25, -0.2) is 39.7 Å². The first-order chi connectivity index (χ1) is 39.1. The Balaban J connectivity index is 1.01. The molecule has 0 unspecified atom stereocenters. The number of anilines is 2. The Morgan fingerprint density at radius 1 is 0.728 bits per heavy atom. The molecule has 24 nitrogen and oxygen atoms in total. The molecule has 0 radical (unpaired) electrons. The molecule has 0 saturated heterocycles. The van der Waals surface area contributed by atoms with Crippen LogP contribution in [0.3, 0.4) is 0 Å². The average molecular weight is 1210 g/mol. The number of benzene rings is 1. The molecule has 1 aliphatic carbocycles. The first-order valence-electron chi connectivity index (χ1n) is 24.8. The largest absolute Gasteiger partial charge is 0.481 e. The predicted molar refractivity (Wildman–Crippen MR) is 303 cm³/mol. The zero-order chi connectivity index (χ0) is 56.9.